The number of carbonyl (C=O) groups is 1. The fourth-order valence-corrected chi connectivity index (χ4v) is 0.952. The Bertz CT molecular complexity index is 183. The number of hydrogen-bond donors (Lipinski definition) is 0. The van der Waals surface area contributed by atoms with Crippen molar-refractivity contribution in [1.82, 2.24) is 0 Å². The van der Waals surface area contributed by atoms with Gasteiger partial charge in [-0.1, -0.05) is 6.07 Å². The van der Waals surface area contributed by atoms with Crippen LogP contribution in [-0.4, -0.2) is 5.97 Å². The number of hydrogen-bond acceptors (Lipinski definition) is 3. The molecule has 0 aromatic carbocycles. The molecule has 0 radical (unpaired) electrons. The molecule has 0 atom stereocenters. The Kier molecular flexibility index (Phi) is 5.25. The van der Waals surface area contributed by atoms with Crippen LogP contribution in [-0.2, 0) is 0 Å². The van der Waals surface area contributed by atoms with Crippen LogP contribution in [0.3, 0.4) is 0 Å². The van der Waals surface area contributed by atoms with E-state index in [1.807, 2.05) is 0 Å². The molecule has 1 heterocycles. The third kappa shape index (κ3) is 3.05. The molecule has 0 spiro atoms. The maximum absolute atomic E-state index is 9.96. The van der Waals surface area contributed by atoms with Gasteiger partial charge in [0.15, 0.2) is 0 Å². The first kappa shape index (κ1) is 9.98. The molecule has 1 rings (SSSR count). The van der Waals surface area contributed by atoms with Crippen molar-refractivity contribution in [2.45, 2.75) is 0 Å². The van der Waals surface area contributed by atoms with E-state index in [0.717, 1.165) is 0 Å². The molecule has 42 valence electrons. The fraction of sp³-hybridized carbons (Fsp3) is 0. The summed E-state index contributed by atoms with van der Waals surface area (Å²) in [5.41, 5.74) is 0. The zero-order valence-corrected chi connectivity index (χ0v) is 10.7. The van der Waals surface area contributed by atoms with Gasteiger partial charge in [0.05, 0.1) is 5.97 Å². The predicted molar refractivity (Wildman–Crippen MR) is 28.6 cm³/mol. The Morgan fingerprint density at radius 3 is 2.56 bits per heavy atom. The van der Waals surface area contributed by atoms with Gasteiger partial charge in [-0.05, 0) is 11.4 Å². The Balaban J connectivity index is 0.000000640. The van der Waals surface area contributed by atoms with Crippen LogP contribution in [0.2, 0.25) is 0 Å². The molecule has 0 aliphatic carbocycles. The zero-order valence-electron chi connectivity index (χ0n) is 4.96. The smallest absolute Gasteiger partial charge is 0.544 e. The Morgan fingerprint density at radius 2 is 2.33 bits per heavy atom. The van der Waals surface area contributed by atoms with Crippen LogP contribution in [0.5, 0.6) is 0 Å². The molecule has 1 aromatic heterocycles. The molecule has 0 unspecified atom stereocenters. The zero-order chi connectivity index (χ0) is 5.98. The molecular weight excluding hydrogens is 210 g/mol. The molecule has 2 nitrogen and oxygen atoms in total. The second-order valence-corrected chi connectivity index (χ2v) is 2.21. The van der Waals surface area contributed by atoms with Crippen LogP contribution in [0.1, 0.15) is 9.67 Å². The van der Waals surface area contributed by atoms with Gasteiger partial charge in [-0.2, -0.15) is 0 Å². The van der Waals surface area contributed by atoms with E-state index in [-0.39, 0.29) is 63.1 Å². The van der Waals surface area contributed by atoms with Gasteiger partial charge in [0.2, 0.25) is 0 Å². The van der Waals surface area contributed by atoms with Crippen LogP contribution in [0.15, 0.2) is 17.5 Å². The number of aromatic carboxylic acids is 1. The summed E-state index contributed by atoms with van der Waals surface area (Å²) in [5.74, 6) is -1.10. The summed E-state index contributed by atoms with van der Waals surface area (Å²) >= 11 is 1.17. The number of rotatable bonds is 1. The third-order valence-corrected chi connectivity index (χ3v) is 1.57. The van der Waals surface area contributed by atoms with Crippen LogP contribution in [0.25, 0.3) is 0 Å². The van der Waals surface area contributed by atoms with E-state index in [1.165, 1.54) is 17.4 Å². The van der Waals surface area contributed by atoms with Crippen molar-refractivity contribution < 1.29 is 68.1 Å². The van der Waals surface area contributed by atoms with E-state index in [2.05, 4.69) is 0 Å². The van der Waals surface area contributed by atoms with Crippen LogP contribution in [0.4, 0.5) is 0 Å². The summed E-state index contributed by atoms with van der Waals surface area (Å²) in [6, 6.07) is 3.19. The summed E-state index contributed by atoms with van der Waals surface area (Å²) in [7, 11) is 0. The van der Waals surface area contributed by atoms with Gasteiger partial charge in [-0.15, -0.1) is 11.3 Å². The molecule has 9 heavy (non-hydrogen) atoms. The first-order valence-electron chi connectivity index (χ1n) is 2.05. The quantitative estimate of drug-likeness (QED) is 0.502. The van der Waals surface area contributed by atoms with Crippen molar-refractivity contribution in [2.24, 2.45) is 0 Å². The molecule has 1 aromatic rings. The summed E-state index contributed by atoms with van der Waals surface area (Å²) in [6.07, 6.45) is 0. The largest absolute Gasteiger partial charge is 1.00 e. The molecule has 0 bridgehead atoms. The minimum absolute atomic E-state index is 0. The maximum Gasteiger partial charge on any atom is 1.00 e. The minimum atomic E-state index is -1.10. The van der Waals surface area contributed by atoms with Crippen molar-refractivity contribution in [3.05, 3.63) is 22.4 Å². The van der Waals surface area contributed by atoms with Crippen molar-refractivity contribution in [3.8, 4) is 0 Å². The van der Waals surface area contributed by atoms with Crippen molar-refractivity contribution in [3.63, 3.8) is 0 Å². The average molecular weight is 213 g/mol. The van der Waals surface area contributed by atoms with E-state index in [9.17, 15) is 9.90 Å². The van der Waals surface area contributed by atoms with E-state index in [0.29, 0.717) is 0 Å². The van der Waals surface area contributed by atoms with E-state index in [1.54, 1.807) is 11.4 Å². The van der Waals surface area contributed by atoms with Gasteiger partial charge in [0.25, 0.3) is 0 Å². The summed E-state index contributed by atoms with van der Waals surface area (Å²) in [6.45, 7) is 0. The first-order chi connectivity index (χ1) is 3.80. The third-order valence-electron chi connectivity index (χ3n) is 0.722. The molecule has 0 N–H and O–H groups in total. The molecule has 0 saturated heterocycles. The van der Waals surface area contributed by atoms with Crippen molar-refractivity contribution in [1.29, 1.82) is 0 Å². The van der Waals surface area contributed by atoms with Gasteiger partial charge in [-0.25, -0.2) is 0 Å². The van der Waals surface area contributed by atoms with Crippen molar-refractivity contribution in [2.75, 3.05) is 0 Å². The maximum atomic E-state index is 9.96. The topological polar surface area (TPSA) is 40.1 Å². The monoisotopic (exact) mass is 212 g/mol. The second kappa shape index (κ2) is 4.74. The molecular formula is C5H3O2RbS. The first-order valence-corrected chi connectivity index (χ1v) is 2.93. The number of carboxylic acid groups (broad SMARTS) is 1. The second-order valence-electron chi connectivity index (χ2n) is 1.26. The molecule has 4 heteroatoms. The molecule has 0 amide bonds. The van der Waals surface area contributed by atoms with Crippen LogP contribution < -0.4 is 63.3 Å². The molecule has 0 saturated carbocycles. The average Bonchev–Trinajstić information content (AvgIpc) is 2.12. The van der Waals surface area contributed by atoms with Gasteiger partial charge in [-0.3, -0.25) is 0 Å². The van der Waals surface area contributed by atoms with E-state index in [4.69, 9.17) is 0 Å². The molecule has 0 aliphatic rings. The minimum Gasteiger partial charge on any atom is -0.544 e. The number of carbonyl (C=O) groups excluding carboxylic acids is 1. The Hall–Kier alpha value is 0.975. The Labute approximate surface area is 106 Å². The van der Waals surface area contributed by atoms with Gasteiger partial charge < -0.3 is 9.90 Å². The Morgan fingerprint density at radius 1 is 1.67 bits per heavy atom. The standard InChI is InChI=1S/C5H4O2S.Rb/c6-5(7)4-2-1-3-8-4;/h1-3H,(H,6,7);/q;+1/p-1. The normalized spacial score (nSPS) is 8.00. The van der Waals surface area contributed by atoms with E-state index < -0.39 is 5.97 Å². The number of carboxylic acids is 1. The SMILES string of the molecule is O=C([O-])c1cccs1.[Rb+]. The van der Waals surface area contributed by atoms with Gasteiger partial charge in [0, 0.05) is 4.88 Å². The van der Waals surface area contributed by atoms with Crippen LogP contribution in [0, 0.1) is 0 Å². The summed E-state index contributed by atoms with van der Waals surface area (Å²) in [5, 5.41) is 11.7. The van der Waals surface area contributed by atoms with Crippen LogP contribution >= 0.6 is 11.3 Å². The van der Waals surface area contributed by atoms with Crippen molar-refractivity contribution >= 4 is 17.3 Å². The molecule has 0 aliphatic heterocycles. The fourth-order valence-electron chi connectivity index (χ4n) is 0.395. The van der Waals surface area contributed by atoms with E-state index >= 15 is 0 Å². The summed E-state index contributed by atoms with van der Waals surface area (Å²) in [4.78, 5) is 10.2. The van der Waals surface area contributed by atoms with Gasteiger partial charge >= 0.3 is 58.2 Å². The predicted octanol–water partition coefficient (Wildman–Crippen LogP) is -2.88. The number of thiophene rings is 1. The summed E-state index contributed by atoms with van der Waals surface area (Å²) < 4.78 is 0. The van der Waals surface area contributed by atoms with Gasteiger partial charge in [0.1, 0.15) is 0 Å². The molecule has 0 fully saturated rings.